The van der Waals surface area contributed by atoms with Crippen LogP contribution < -0.4 is 14.4 Å². The summed E-state index contributed by atoms with van der Waals surface area (Å²) >= 11 is 1.54. The van der Waals surface area contributed by atoms with Crippen LogP contribution in [0.15, 0.2) is 48.5 Å². The highest BCUT2D eigenvalue weighted by molar-refractivity contribution is 7.17. The lowest BCUT2D eigenvalue weighted by Crippen LogP contribution is -2.25. The van der Waals surface area contributed by atoms with E-state index in [-0.39, 0.29) is 5.91 Å². The maximum atomic E-state index is 13.0. The largest absolute Gasteiger partial charge is 0.497 e. The summed E-state index contributed by atoms with van der Waals surface area (Å²) in [6.07, 6.45) is 0. The van der Waals surface area contributed by atoms with Gasteiger partial charge in [0, 0.05) is 28.7 Å². The zero-order valence-corrected chi connectivity index (χ0v) is 15.7. The van der Waals surface area contributed by atoms with E-state index in [0.717, 1.165) is 38.8 Å². The van der Waals surface area contributed by atoms with E-state index in [2.05, 4.69) is 13.0 Å². The Hall–Kier alpha value is -2.79. The summed E-state index contributed by atoms with van der Waals surface area (Å²) in [7, 11) is 3.42. The van der Waals surface area contributed by atoms with E-state index in [9.17, 15) is 4.79 Å². The molecular weight excluding hydrogens is 346 g/mol. The molecule has 1 aromatic heterocycles. The van der Waals surface area contributed by atoms with E-state index in [1.165, 1.54) is 11.3 Å². The van der Waals surface area contributed by atoms with Gasteiger partial charge < -0.3 is 14.4 Å². The minimum atomic E-state index is -0.0234. The Morgan fingerprint density at radius 3 is 2.69 bits per heavy atom. The van der Waals surface area contributed by atoms with Gasteiger partial charge in [-0.25, -0.2) is 0 Å². The van der Waals surface area contributed by atoms with Crippen molar-refractivity contribution >= 4 is 22.9 Å². The van der Waals surface area contributed by atoms with Crippen molar-refractivity contribution in [3.63, 3.8) is 0 Å². The van der Waals surface area contributed by atoms with Crippen LogP contribution in [0.3, 0.4) is 0 Å². The smallest absolute Gasteiger partial charge is 0.268 e. The molecule has 5 heteroatoms. The number of methoxy groups -OCH3 is 1. The Kier molecular flexibility index (Phi) is 4.17. The molecule has 0 bridgehead atoms. The number of fused-ring (bicyclic) bond motifs is 3. The van der Waals surface area contributed by atoms with Crippen LogP contribution in [0.25, 0.3) is 10.4 Å². The van der Waals surface area contributed by atoms with Gasteiger partial charge in [0.15, 0.2) is 0 Å². The molecule has 0 N–H and O–H groups in total. The predicted molar refractivity (Wildman–Crippen MR) is 105 cm³/mol. The standard InChI is InChI=1S/C21H19NO3S/c1-13-5-4-6-17-19(13)20-14(12-25-17)11-18(26-20)21(23)22(2)15-7-9-16(24-3)10-8-15/h4-11H,12H2,1-3H3. The third-order valence-electron chi connectivity index (χ3n) is 4.63. The molecule has 0 saturated carbocycles. The average molecular weight is 365 g/mol. The Labute approximate surface area is 156 Å². The molecule has 0 aliphatic carbocycles. The highest BCUT2D eigenvalue weighted by Gasteiger charge is 2.25. The summed E-state index contributed by atoms with van der Waals surface area (Å²) in [6, 6.07) is 15.5. The SMILES string of the molecule is COc1ccc(N(C)C(=O)c2cc3c(s2)-c2c(C)cccc2OC3)cc1. The lowest BCUT2D eigenvalue weighted by atomic mass is 10.0. The zero-order valence-electron chi connectivity index (χ0n) is 14.9. The van der Waals surface area contributed by atoms with Crippen LogP contribution >= 0.6 is 11.3 Å². The van der Waals surface area contributed by atoms with Gasteiger partial charge in [-0.05, 0) is 48.9 Å². The summed E-state index contributed by atoms with van der Waals surface area (Å²) in [4.78, 5) is 16.5. The monoisotopic (exact) mass is 365 g/mol. The molecule has 26 heavy (non-hydrogen) atoms. The van der Waals surface area contributed by atoms with E-state index >= 15 is 0 Å². The minimum absolute atomic E-state index is 0.0234. The number of rotatable bonds is 3. The number of hydrogen-bond donors (Lipinski definition) is 0. The summed E-state index contributed by atoms with van der Waals surface area (Å²) < 4.78 is 11.0. The molecular formula is C21H19NO3S. The first-order valence-corrected chi connectivity index (χ1v) is 9.17. The van der Waals surface area contributed by atoms with Gasteiger partial charge in [0.05, 0.1) is 12.0 Å². The molecule has 1 aliphatic heterocycles. The number of thiophene rings is 1. The van der Waals surface area contributed by atoms with Crippen LogP contribution in [0.5, 0.6) is 11.5 Å². The topological polar surface area (TPSA) is 38.8 Å². The Balaban J connectivity index is 1.67. The van der Waals surface area contributed by atoms with Crippen molar-refractivity contribution in [2.45, 2.75) is 13.5 Å². The first-order chi connectivity index (χ1) is 12.6. The summed E-state index contributed by atoms with van der Waals surface area (Å²) in [6.45, 7) is 2.57. The first-order valence-electron chi connectivity index (χ1n) is 8.36. The maximum absolute atomic E-state index is 13.0. The second-order valence-electron chi connectivity index (χ2n) is 6.26. The van der Waals surface area contributed by atoms with E-state index < -0.39 is 0 Å². The van der Waals surface area contributed by atoms with E-state index in [1.807, 2.05) is 42.5 Å². The highest BCUT2D eigenvalue weighted by Crippen LogP contribution is 2.44. The van der Waals surface area contributed by atoms with Crippen LogP contribution in [0.2, 0.25) is 0 Å². The third-order valence-corrected chi connectivity index (χ3v) is 5.81. The quantitative estimate of drug-likeness (QED) is 0.662. The van der Waals surface area contributed by atoms with Gasteiger partial charge in [-0.2, -0.15) is 0 Å². The van der Waals surface area contributed by atoms with Gasteiger partial charge in [-0.15, -0.1) is 11.3 Å². The minimum Gasteiger partial charge on any atom is -0.497 e. The average Bonchev–Trinajstić information content (AvgIpc) is 3.11. The fraction of sp³-hybridized carbons (Fsp3) is 0.190. The van der Waals surface area contributed by atoms with Crippen molar-refractivity contribution in [2.75, 3.05) is 19.1 Å². The normalized spacial score (nSPS) is 12.0. The number of nitrogens with zero attached hydrogens (tertiary/aromatic N) is 1. The molecule has 0 unspecified atom stereocenters. The molecule has 0 spiro atoms. The number of anilines is 1. The molecule has 0 radical (unpaired) electrons. The number of ether oxygens (including phenoxy) is 2. The van der Waals surface area contributed by atoms with Gasteiger partial charge in [-0.1, -0.05) is 12.1 Å². The summed E-state index contributed by atoms with van der Waals surface area (Å²) in [5.74, 6) is 1.64. The molecule has 1 aliphatic rings. The molecule has 0 saturated heterocycles. The zero-order chi connectivity index (χ0) is 18.3. The molecule has 2 heterocycles. The van der Waals surface area contributed by atoms with Crippen molar-refractivity contribution in [1.82, 2.24) is 0 Å². The number of carbonyl (C=O) groups excluding carboxylic acids is 1. The van der Waals surface area contributed by atoms with Crippen LogP contribution in [0.4, 0.5) is 5.69 Å². The Bertz CT molecular complexity index is 975. The fourth-order valence-electron chi connectivity index (χ4n) is 3.15. The Morgan fingerprint density at radius 1 is 1.19 bits per heavy atom. The van der Waals surface area contributed by atoms with Crippen molar-refractivity contribution in [3.8, 4) is 21.9 Å². The van der Waals surface area contributed by atoms with E-state index in [0.29, 0.717) is 11.5 Å². The number of benzene rings is 2. The second kappa shape index (κ2) is 6.50. The lowest BCUT2D eigenvalue weighted by molar-refractivity contribution is 0.0996. The van der Waals surface area contributed by atoms with Gasteiger partial charge in [0.2, 0.25) is 0 Å². The number of aryl methyl sites for hydroxylation is 1. The van der Waals surface area contributed by atoms with E-state index in [1.54, 1.807) is 19.1 Å². The molecule has 0 fully saturated rings. The molecule has 3 aromatic rings. The molecule has 1 amide bonds. The van der Waals surface area contributed by atoms with Crippen molar-refractivity contribution < 1.29 is 14.3 Å². The molecule has 2 aromatic carbocycles. The molecule has 132 valence electrons. The number of carbonyl (C=O) groups is 1. The van der Waals surface area contributed by atoms with Crippen LogP contribution in [-0.4, -0.2) is 20.1 Å². The van der Waals surface area contributed by atoms with Gasteiger partial charge in [0.25, 0.3) is 5.91 Å². The summed E-state index contributed by atoms with van der Waals surface area (Å²) in [5, 5.41) is 0. The molecule has 4 nitrogen and oxygen atoms in total. The maximum Gasteiger partial charge on any atom is 0.268 e. The molecule has 4 rings (SSSR count). The molecule has 0 atom stereocenters. The van der Waals surface area contributed by atoms with Gasteiger partial charge in [-0.3, -0.25) is 4.79 Å². The second-order valence-corrected chi connectivity index (χ2v) is 7.32. The fourth-order valence-corrected chi connectivity index (χ4v) is 4.41. The lowest BCUT2D eigenvalue weighted by Gasteiger charge is -2.19. The van der Waals surface area contributed by atoms with Crippen molar-refractivity contribution in [2.24, 2.45) is 0 Å². The Morgan fingerprint density at radius 2 is 1.96 bits per heavy atom. The van der Waals surface area contributed by atoms with Gasteiger partial charge in [0.1, 0.15) is 18.1 Å². The van der Waals surface area contributed by atoms with Crippen LogP contribution in [0, 0.1) is 6.92 Å². The van der Waals surface area contributed by atoms with Crippen molar-refractivity contribution in [3.05, 3.63) is 64.5 Å². The van der Waals surface area contributed by atoms with Crippen molar-refractivity contribution in [1.29, 1.82) is 0 Å². The first kappa shape index (κ1) is 16.7. The van der Waals surface area contributed by atoms with E-state index in [4.69, 9.17) is 9.47 Å². The summed E-state index contributed by atoms with van der Waals surface area (Å²) in [5.41, 5.74) is 4.16. The van der Waals surface area contributed by atoms with Gasteiger partial charge >= 0.3 is 0 Å². The van der Waals surface area contributed by atoms with Crippen LogP contribution in [0.1, 0.15) is 20.8 Å². The number of hydrogen-bond acceptors (Lipinski definition) is 4. The highest BCUT2D eigenvalue weighted by atomic mass is 32.1. The van der Waals surface area contributed by atoms with Crippen LogP contribution in [-0.2, 0) is 6.61 Å². The number of amides is 1. The predicted octanol–water partition coefficient (Wildman–Crippen LogP) is 4.90. The third kappa shape index (κ3) is 2.74.